The summed E-state index contributed by atoms with van der Waals surface area (Å²) in [5, 5.41) is 3.64. The van der Waals surface area contributed by atoms with Crippen LogP contribution in [0.3, 0.4) is 0 Å². The summed E-state index contributed by atoms with van der Waals surface area (Å²) in [5.41, 5.74) is 0. The van der Waals surface area contributed by atoms with Crippen LogP contribution in [0.1, 0.15) is 39.5 Å². The maximum absolute atomic E-state index is 3.64. The second-order valence-corrected chi connectivity index (χ2v) is 6.30. The molecule has 1 aliphatic rings. The second kappa shape index (κ2) is 10.2. The van der Waals surface area contributed by atoms with Crippen LogP contribution in [0, 0.1) is 5.92 Å². The van der Waals surface area contributed by atoms with Crippen molar-refractivity contribution in [2.75, 3.05) is 44.2 Å². The number of rotatable bonds is 9. The van der Waals surface area contributed by atoms with Crippen molar-refractivity contribution in [1.82, 2.24) is 10.2 Å². The van der Waals surface area contributed by atoms with E-state index in [2.05, 4.69) is 35.8 Å². The Morgan fingerprint density at radius 1 is 1.24 bits per heavy atom. The zero-order valence-corrected chi connectivity index (χ0v) is 12.5. The summed E-state index contributed by atoms with van der Waals surface area (Å²) < 4.78 is 0. The Morgan fingerprint density at radius 3 is 2.65 bits per heavy atom. The maximum atomic E-state index is 3.64. The first-order chi connectivity index (χ1) is 8.36. The van der Waals surface area contributed by atoms with E-state index >= 15 is 0 Å². The molecule has 17 heavy (non-hydrogen) atoms. The van der Waals surface area contributed by atoms with Crippen molar-refractivity contribution < 1.29 is 0 Å². The fourth-order valence-corrected chi connectivity index (χ4v) is 3.29. The minimum atomic E-state index is 0.895. The highest BCUT2D eigenvalue weighted by atomic mass is 32.2. The molecule has 1 atom stereocenters. The molecule has 1 aliphatic heterocycles. The number of thioether (sulfide) groups is 1. The van der Waals surface area contributed by atoms with Crippen molar-refractivity contribution in [1.29, 1.82) is 0 Å². The molecule has 0 radical (unpaired) electrons. The third kappa shape index (κ3) is 7.32. The van der Waals surface area contributed by atoms with Gasteiger partial charge in [-0.25, -0.2) is 0 Å². The fourth-order valence-electron chi connectivity index (χ4n) is 2.31. The molecule has 0 bridgehead atoms. The van der Waals surface area contributed by atoms with Crippen LogP contribution in [0.5, 0.6) is 0 Å². The van der Waals surface area contributed by atoms with Gasteiger partial charge in [0.2, 0.25) is 0 Å². The highest BCUT2D eigenvalue weighted by Gasteiger charge is 2.10. The lowest BCUT2D eigenvalue weighted by atomic mass is 9.99. The summed E-state index contributed by atoms with van der Waals surface area (Å²) >= 11 is 2.09. The third-order valence-electron chi connectivity index (χ3n) is 3.68. The van der Waals surface area contributed by atoms with Crippen LogP contribution in [0.15, 0.2) is 0 Å². The van der Waals surface area contributed by atoms with Gasteiger partial charge in [0.25, 0.3) is 0 Å². The lowest BCUT2D eigenvalue weighted by Gasteiger charge is -2.26. The predicted octanol–water partition coefficient (Wildman–Crippen LogP) is 2.84. The van der Waals surface area contributed by atoms with Gasteiger partial charge in [0.1, 0.15) is 0 Å². The van der Waals surface area contributed by atoms with E-state index in [1.165, 1.54) is 69.9 Å². The second-order valence-electron chi connectivity index (χ2n) is 5.07. The van der Waals surface area contributed by atoms with Gasteiger partial charge in [-0.3, -0.25) is 0 Å². The standard InChI is InChI=1S/C14H30N2S/c1-3-5-6-14(4-2)13-15-7-8-16-9-11-17-12-10-16/h14-15H,3-13H2,1-2H3. The van der Waals surface area contributed by atoms with E-state index in [0.717, 1.165) is 5.92 Å². The topological polar surface area (TPSA) is 15.3 Å². The highest BCUT2D eigenvalue weighted by Crippen LogP contribution is 2.11. The Morgan fingerprint density at radius 2 is 2.00 bits per heavy atom. The number of hydrogen-bond donors (Lipinski definition) is 1. The first-order valence-electron chi connectivity index (χ1n) is 7.37. The molecule has 3 heteroatoms. The van der Waals surface area contributed by atoms with Crippen LogP contribution in [0.2, 0.25) is 0 Å². The number of hydrogen-bond acceptors (Lipinski definition) is 3. The van der Waals surface area contributed by atoms with Crippen molar-refractivity contribution in [3.8, 4) is 0 Å². The van der Waals surface area contributed by atoms with Crippen LogP contribution in [-0.4, -0.2) is 49.1 Å². The van der Waals surface area contributed by atoms with Crippen LogP contribution < -0.4 is 5.32 Å². The van der Waals surface area contributed by atoms with Gasteiger partial charge in [-0.15, -0.1) is 0 Å². The molecule has 0 aromatic carbocycles. The Bertz CT molecular complexity index is 170. The van der Waals surface area contributed by atoms with Crippen molar-refractivity contribution in [2.45, 2.75) is 39.5 Å². The van der Waals surface area contributed by atoms with E-state index in [1.807, 2.05) is 0 Å². The van der Waals surface area contributed by atoms with Gasteiger partial charge in [0.15, 0.2) is 0 Å². The van der Waals surface area contributed by atoms with Gasteiger partial charge in [-0.1, -0.05) is 33.1 Å². The minimum absolute atomic E-state index is 0.895. The molecule has 1 rings (SSSR count). The largest absolute Gasteiger partial charge is 0.315 e. The smallest absolute Gasteiger partial charge is 0.0107 e. The molecule has 0 aliphatic carbocycles. The Kier molecular flexibility index (Phi) is 9.21. The van der Waals surface area contributed by atoms with Gasteiger partial charge in [-0.2, -0.15) is 11.8 Å². The average molecular weight is 258 g/mol. The normalized spacial score (nSPS) is 19.4. The zero-order valence-electron chi connectivity index (χ0n) is 11.7. The van der Waals surface area contributed by atoms with E-state index in [0.29, 0.717) is 0 Å². The highest BCUT2D eigenvalue weighted by molar-refractivity contribution is 7.99. The lowest BCUT2D eigenvalue weighted by Crippen LogP contribution is -2.38. The fraction of sp³-hybridized carbons (Fsp3) is 1.00. The van der Waals surface area contributed by atoms with Crippen LogP contribution in [0.25, 0.3) is 0 Å². The molecule has 1 saturated heterocycles. The van der Waals surface area contributed by atoms with Gasteiger partial charge >= 0.3 is 0 Å². The molecule has 0 amide bonds. The molecular weight excluding hydrogens is 228 g/mol. The first-order valence-corrected chi connectivity index (χ1v) is 8.53. The van der Waals surface area contributed by atoms with Crippen molar-refractivity contribution >= 4 is 11.8 Å². The maximum Gasteiger partial charge on any atom is 0.0107 e. The molecule has 1 heterocycles. The van der Waals surface area contributed by atoms with Crippen molar-refractivity contribution in [3.63, 3.8) is 0 Å². The molecule has 0 aromatic rings. The lowest BCUT2D eigenvalue weighted by molar-refractivity contribution is 0.295. The van der Waals surface area contributed by atoms with Crippen molar-refractivity contribution in [3.05, 3.63) is 0 Å². The van der Waals surface area contributed by atoms with Gasteiger partial charge in [0, 0.05) is 37.7 Å². The molecule has 1 N–H and O–H groups in total. The summed E-state index contributed by atoms with van der Waals surface area (Å²) in [6.45, 7) is 10.8. The molecule has 0 saturated carbocycles. The van der Waals surface area contributed by atoms with Gasteiger partial charge in [0.05, 0.1) is 0 Å². The third-order valence-corrected chi connectivity index (χ3v) is 4.63. The Balaban J connectivity index is 1.97. The molecule has 1 fully saturated rings. The van der Waals surface area contributed by atoms with Crippen LogP contribution >= 0.6 is 11.8 Å². The van der Waals surface area contributed by atoms with E-state index < -0.39 is 0 Å². The van der Waals surface area contributed by atoms with Crippen molar-refractivity contribution in [2.24, 2.45) is 5.92 Å². The summed E-state index contributed by atoms with van der Waals surface area (Å²) in [6, 6.07) is 0. The van der Waals surface area contributed by atoms with Crippen LogP contribution in [-0.2, 0) is 0 Å². The van der Waals surface area contributed by atoms with E-state index in [4.69, 9.17) is 0 Å². The molecule has 0 aromatic heterocycles. The van der Waals surface area contributed by atoms with Gasteiger partial charge < -0.3 is 10.2 Å². The molecule has 102 valence electrons. The number of unbranched alkanes of at least 4 members (excludes halogenated alkanes) is 1. The van der Waals surface area contributed by atoms with Gasteiger partial charge in [-0.05, 0) is 18.9 Å². The molecular formula is C14H30N2S. The van der Waals surface area contributed by atoms with E-state index in [1.54, 1.807) is 0 Å². The summed E-state index contributed by atoms with van der Waals surface area (Å²) in [4.78, 5) is 2.59. The monoisotopic (exact) mass is 258 g/mol. The summed E-state index contributed by atoms with van der Waals surface area (Å²) in [6.07, 6.45) is 5.46. The zero-order chi connectivity index (χ0) is 12.3. The molecule has 2 nitrogen and oxygen atoms in total. The predicted molar refractivity (Wildman–Crippen MR) is 79.9 cm³/mol. The van der Waals surface area contributed by atoms with E-state index in [9.17, 15) is 0 Å². The quantitative estimate of drug-likeness (QED) is 0.640. The Hall–Kier alpha value is 0.270. The SMILES string of the molecule is CCCCC(CC)CNCCN1CCSCC1. The van der Waals surface area contributed by atoms with E-state index in [-0.39, 0.29) is 0 Å². The van der Waals surface area contributed by atoms with Crippen LogP contribution in [0.4, 0.5) is 0 Å². The average Bonchev–Trinajstić information content (AvgIpc) is 2.39. The minimum Gasteiger partial charge on any atom is -0.315 e. The first kappa shape index (κ1) is 15.3. The summed E-state index contributed by atoms with van der Waals surface area (Å²) in [5.74, 6) is 3.55. The number of nitrogens with zero attached hydrogens (tertiary/aromatic N) is 1. The molecule has 0 spiro atoms. The summed E-state index contributed by atoms with van der Waals surface area (Å²) in [7, 11) is 0. The molecule has 1 unspecified atom stereocenters. The number of nitrogens with one attached hydrogen (secondary N) is 1. The Labute approximate surface area is 112 Å².